The van der Waals surface area contributed by atoms with Gasteiger partial charge in [0.05, 0.1) is 15.8 Å². The predicted octanol–water partition coefficient (Wildman–Crippen LogP) is 9.35. The van der Waals surface area contributed by atoms with Crippen molar-refractivity contribution in [3.05, 3.63) is 89.0 Å². The molecule has 5 aromatic rings. The van der Waals surface area contributed by atoms with Crippen LogP contribution >= 0.6 is 23.5 Å². The number of aldehydes is 1. The number of aromatic amines is 1. The average Bonchev–Trinajstić information content (AvgIpc) is 3.70. The number of nitrogens with one attached hydrogen (secondary N) is 1. The van der Waals surface area contributed by atoms with E-state index in [9.17, 15) is 4.79 Å². The van der Waals surface area contributed by atoms with Crippen LogP contribution in [0.4, 0.5) is 8.78 Å². The molecule has 0 amide bonds. The second kappa shape index (κ2) is 13.4. The number of pyridine rings is 1. The Hall–Kier alpha value is -3.50. The summed E-state index contributed by atoms with van der Waals surface area (Å²) in [6.45, 7) is 10.7. The zero-order valence-electron chi connectivity index (χ0n) is 28.5. The number of rotatable bonds is 4. The van der Waals surface area contributed by atoms with E-state index in [-0.39, 0.29) is 10.9 Å². The minimum absolute atomic E-state index is 0.0615. The topological polar surface area (TPSA) is 76.5 Å². The van der Waals surface area contributed by atoms with Crippen molar-refractivity contribution in [3.63, 3.8) is 0 Å². The maximum Gasteiger partial charge on any atom is 0.184 e. The molecule has 4 heterocycles. The van der Waals surface area contributed by atoms with Gasteiger partial charge in [0.25, 0.3) is 0 Å². The van der Waals surface area contributed by atoms with Crippen LogP contribution in [0.5, 0.6) is 0 Å². The summed E-state index contributed by atoms with van der Waals surface area (Å²) in [7, 11) is 1.87. The quantitative estimate of drug-likeness (QED) is 0.190. The third-order valence-electron chi connectivity index (χ3n) is 9.46. The number of aromatic nitrogens is 5. The van der Waals surface area contributed by atoms with Gasteiger partial charge in [-0.3, -0.25) is 4.98 Å². The minimum Gasteiger partial charge on any atom is -0.359 e. The van der Waals surface area contributed by atoms with Crippen LogP contribution in [0, 0.1) is 22.5 Å². The number of halogens is 2. The normalized spacial score (nSPS) is 19.0. The van der Waals surface area contributed by atoms with Crippen molar-refractivity contribution in [3.8, 4) is 11.5 Å². The van der Waals surface area contributed by atoms with Crippen LogP contribution in [0.2, 0.25) is 0 Å². The van der Waals surface area contributed by atoms with E-state index < -0.39 is 22.5 Å². The molecule has 1 aliphatic rings. The Labute approximate surface area is 289 Å². The van der Waals surface area contributed by atoms with Crippen LogP contribution in [0.1, 0.15) is 76.4 Å². The highest BCUT2D eigenvalue weighted by atomic mass is 32.2. The lowest BCUT2D eigenvalue weighted by Crippen LogP contribution is -2.27. The van der Waals surface area contributed by atoms with Gasteiger partial charge in [0, 0.05) is 35.1 Å². The number of carbonyl (C=O) groups excluding carboxylic acids is 1. The van der Waals surface area contributed by atoms with Gasteiger partial charge in [-0.2, -0.15) is 16.9 Å². The molecular formula is C38H43F2N5OS2. The van der Waals surface area contributed by atoms with Gasteiger partial charge in [0.2, 0.25) is 0 Å². The number of nitrogens with zero attached hydrogens (tertiary/aromatic N) is 4. The van der Waals surface area contributed by atoms with E-state index in [1.165, 1.54) is 11.8 Å². The van der Waals surface area contributed by atoms with E-state index in [0.717, 1.165) is 64.0 Å². The molecule has 6 nitrogen and oxygen atoms in total. The van der Waals surface area contributed by atoms with E-state index in [2.05, 4.69) is 55.0 Å². The maximum absolute atomic E-state index is 15.8. The molecule has 0 saturated carbocycles. The summed E-state index contributed by atoms with van der Waals surface area (Å²) in [4.78, 5) is 25.5. The van der Waals surface area contributed by atoms with E-state index >= 15 is 8.78 Å². The summed E-state index contributed by atoms with van der Waals surface area (Å²) in [6, 6.07) is 14.0. The molecule has 0 radical (unpaired) electrons. The molecule has 4 bridgehead atoms. The largest absolute Gasteiger partial charge is 0.359 e. The third kappa shape index (κ3) is 6.97. The number of hydrogen-bond acceptors (Lipinski definition) is 6. The van der Waals surface area contributed by atoms with Crippen LogP contribution in [-0.4, -0.2) is 42.5 Å². The Morgan fingerprint density at radius 1 is 1.08 bits per heavy atom. The number of aryl methyl sites for hydroxylation is 2. The van der Waals surface area contributed by atoms with E-state index in [4.69, 9.17) is 10.1 Å². The van der Waals surface area contributed by atoms with Gasteiger partial charge >= 0.3 is 0 Å². The van der Waals surface area contributed by atoms with E-state index in [1.54, 1.807) is 17.1 Å². The van der Waals surface area contributed by atoms with Gasteiger partial charge < -0.3 is 9.78 Å². The molecule has 0 fully saturated rings. The fourth-order valence-electron chi connectivity index (χ4n) is 6.67. The fraction of sp³-hybridized carbons (Fsp3) is 0.421. The molecule has 6 rings (SSSR count). The van der Waals surface area contributed by atoms with E-state index in [0.29, 0.717) is 35.1 Å². The number of benzene rings is 2. The van der Waals surface area contributed by atoms with Crippen LogP contribution in [0.3, 0.4) is 0 Å². The van der Waals surface area contributed by atoms with Crippen molar-refractivity contribution < 1.29 is 13.6 Å². The first-order valence-electron chi connectivity index (χ1n) is 16.5. The molecule has 1 atom stereocenters. The fourth-order valence-corrected chi connectivity index (χ4v) is 8.91. The third-order valence-corrected chi connectivity index (χ3v) is 12.1. The Morgan fingerprint density at radius 3 is 2.69 bits per heavy atom. The molecule has 10 heteroatoms. The van der Waals surface area contributed by atoms with Gasteiger partial charge in [-0.15, -0.1) is 0 Å². The number of fused-ring (bicyclic) bond motifs is 8. The molecule has 252 valence electrons. The summed E-state index contributed by atoms with van der Waals surface area (Å²) in [5, 5.41) is 5.70. The highest BCUT2D eigenvalue weighted by Gasteiger charge is 2.35. The molecule has 0 aliphatic carbocycles. The summed E-state index contributed by atoms with van der Waals surface area (Å²) in [5.41, 5.74) is 2.94. The molecule has 0 unspecified atom stereocenters. The maximum atomic E-state index is 15.8. The monoisotopic (exact) mass is 687 g/mol. The van der Waals surface area contributed by atoms with Crippen molar-refractivity contribution in [2.24, 2.45) is 17.9 Å². The predicted molar refractivity (Wildman–Crippen MR) is 192 cm³/mol. The molecule has 3 aromatic heterocycles. The molecule has 1 N–H and O–H groups in total. The van der Waals surface area contributed by atoms with Crippen LogP contribution < -0.4 is 0 Å². The molecule has 2 aromatic carbocycles. The highest BCUT2D eigenvalue weighted by molar-refractivity contribution is 7.99. The van der Waals surface area contributed by atoms with Gasteiger partial charge in [0.15, 0.2) is 23.3 Å². The Morgan fingerprint density at radius 2 is 1.90 bits per heavy atom. The molecule has 0 saturated heterocycles. The van der Waals surface area contributed by atoms with Crippen molar-refractivity contribution in [2.45, 2.75) is 81.9 Å². The van der Waals surface area contributed by atoms with Crippen molar-refractivity contribution in [1.82, 2.24) is 24.7 Å². The van der Waals surface area contributed by atoms with Crippen LogP contribution in [-0.2, 0) is 30.1 Å². The zero-order chi connectivity index (χ0) is 34.3. The lowest BCUT2D eigenvalue weighted by Gasteiger charge is -2.31. The number of hydrogen-bond donors (Lipinski definition) is 1. The van der Waals surface area contributed by atoms with Crippen molar-refractivity contribution in [2.75, 3.05) is 11.5 Å². The summed E-state index contributed by atoms with van der Waals surface area (Å²) in [6.07, 6.45) is 8.45. The van der Waals surface area contributed by atoms with Gasteiger partial charge in [-0.05, 0) is 84.4 Å². The SMILES string of the molecule is Cn1nc2nc1-c1cc(ccn1)Sc1c(F)c(F)c3[nH]ccc3c1CCSCC(C)(C)CCC[C@]2(C)c1cccc(CC(C)(C)C=O)c1. The molecular weight excluding hydrogens is 645 g/mol. The molecule has 1 aliphatic heterocycles. The van der Waals surface area contributed by atoms with Crippen molar-refractivity contribution >= 4 is 40.7 Å². The Balaban J connectivity index is 1.46. The second-order valence-electron chi connectivity index (χ2n) is 14.7. The van der Waals surface area contributed by atoms with E-state index in [1.807, 2.05) is 50.9 Å². The minimum atomic E-state index is -0.859. The smallest absolute Gasteiger partial charge is 0.184 e. The first-order chi connectivity index (χ1) is 22.8. The van der Waals surface area contributed by atoms with Gasteiger partial charge in [0.1, 0.15) is 12.0 Å². The van der Waals surface area contributed by atoms with Crippen molar-refractivity contribution in [1.29, 1.82) is 0 Å². The second-order valence-corrected chi connectivity index (χ2v) is 16.9. The summed E-state index contributed by atoms with van der Waals surface area (Å²) < 4.78 is 32.8. The number of carbonyl (C=O) groups is 1. The number of thioether (sulfide) groups is 1. The zero-order valence-corrected chi connectivity index (χ0v) is 30.1. The Bertz CT molecular complexity index is 1970. The van der Waals surface area contributed by atoms with Gasteiger partial charge in [-0.1, -0.05) is 70.1 Å². The molecule has 48 heavy (non-hydrogen) atoms. The van der Waals surface area contributed by atoms with Gasteiger partial charge in [-0.25, -0.2) is 18.4 Å². The first kappa shape index (κ1) is 34.4. The lowest BCUT2D eigenvalue weighted by atomic mass is 9.74. The molecule has 0 spiro atoms. The highest BCUT2D eigenvalue weighted by Crippen LogP contribution is 2.42. The van der Waals surface area contributed by atoms with Crippen LogP contribution in [0.15, 0.2) is 64.6 Å². The lowest BCUT2D eigenvalue weighted by molar-refractivity contribution is -0.114. The number of H-pyrrole nitrogens is 1. The summed E-state index contributed by atoms with van der Waals surface area (Å²) in [5.74, 6) is 1.35. The Kier molecular flexibility index (Phi) is 9.61. The first-order valence-corrected chi connectivity index (χ1v) is 18.4. The van der Waals surface area contributed by atoms with Crippen LogP contribution in [0.25, 0.3) is 22.4 Å². The standard InChI is InChI=1S/C38H43F2N5OS2/c1-36(2)14-8-15-38(5,25-10-7-9-24(19-25)21-37(3,4)22-46)35-43-34(45(6)44-35)29-20-26(11-16-41-29)48-33-28(13-18-47-23-36)27-12-17-42-32(27)30(39)31(33)40/h7,9-12,16-17,19-20,22,42H,8,13-15,18,21,23H2,1-6H3/t38-/m1/s1. The summed E-state index contributed by atoms with van der Waals surface area (Å²) >= 11 is 3.08. The average molecular weight is 688 g/mol.